The minimum atomic E-state index is -0.227. The van der Waals surface area contributed by atoms with Crippen LogP contribution in [0.15, 0.2) is 40.0 Å². The second-order valence-corrected chi connectivity index (χ2v) is 6.99. The molecule has 7 heteroatoms. The van der Waals surface area contributed by atoms with Gasteiger partial charge in [-0.05, 0) is 37.8 Å². The van der Waals surface area contributed by atoms with Crippen LogP contribution < -0.4 is 10.1 Å². The maximum atomic E-state index is 11.9. The third kappa shape index (κ3) is 4.25. The summed E-state index contributed by atoms with van der Waals surface area (Å²) >= 11 is 0. The Labute approximate surface area is 166 Å². The van der Waals surface area contributed by atoms with Crippen LogP contribution in [0.1, 0.15) is 31.0 Å². The van der Waals surface area contributed by atoms with Crippen molar-refractivity contribution in [1.29, 1.82) is 0 Å². The Morgan fingerprint density at radius 1 is 1.32 bits per heavy atom. The first-order valence-corrected chi connectivity index (χ1v) is 9.75. The van der Waals surface area contributed by atoms with Crippen molar-refractivity contribution < 1.29 is 9.53 Å². The average Bonchev–Trinajstić information content (AvgIpc) is 3.21. The van der Waals surface area contributed by atoms with Crippen LogP contribution in [-0.2, 0) is 11.2 Å². The predicted molar refractivity (Wildman–Crippen MR) is 112 cm³/mol. The Morgan fingerprint density at radius 3 is 2.71 bits per heavy atom. The van der Waals surface area contributed by atoms with Crippen molar-refractivity contribution in [3.63, 3.8) is 0 Å². The summed E-state index contributed by atoms with van der Waals surface area (Å²) in [5, 5.41) is 2.59. The van der Waals surface area contributed by atoms with Crippen LogP contribution >= 0.6 is 0 Å². The number of hydrogen-bond donors (Lipinski definition) is 1. The van der Waals surface area contributed by atoms with Gasteiger partial charge < -0.3 is 15.0 Å². The fraction of sp³-hybridized carbons (Fsp3) is 0.476. The maximum Gasteiger partial charge on any atom is 0.269 e. The quantitative estimate of drug-likeness (QED) is 0.491. The molecule has 2 heterocycles. The number of hydrogen-bond acceptors (Lipinski definition) is 4. The number of benzene rings is 1. The van der Waals surface area contributed by atoms with Crippen LogP contribution in [0.2, 0.25) is 0 Å². The molecule has 28 heavy (non-hydrogen) atoms. The number of fused-ring (bicyclic) bond motifs is 1. The lowest BCUT2D eigenvalue weighted by Gasteiger charge is -2.38. The summed E-state index contributed by atoms with van der Waals surface area (Å²) in [7, 11) is 1.59. The standard InChI is InChI=1S/C21H29N5O2/c1-5-18(20(27)22-3)24-21(23-4)26-11-9-25(10-12-26)15(2)17-7-6-16-8-13-28-19(16)14-17/h5-7,14-15H,4,8-13H2,1-3H3,(H,22,27)/b18-5-,24-21?. The molecule has 1 fully saturated rings. The van der Waals surface area contributed by atoms with Crippen LogP contribution in [-0.4, -0.2) is 68.2 Å². The van der Waals surface area contributed by atoms with Crippen molar-refractivity contribution in [3.05, 3.63) is 41.1 Å². The van der Waals surface area contributed by atoms with E-state index in [-0.39, 0.29) is 5.91 Å². The Kier molecular flexibility index (Phi) is 6.46. The first-order valence-electron chi connectivity index (χ1n) is 9.75. The van der Waals surface area contributed by atoms with E-state index in [0.717, 1.165) is 45.0 Å². The summed E-state index contributed by atoms with van der Waals surface area (Å²) in [6.07, 6.45) is 2.68. The monoisotopic (exact) mass is 383 g/mol. The fourth-order valence-electron chi connectivity index (χ4n) is 3.65. The molecule has 0 saturated carbocycles. The largest absolute Gasteiger partial charge is 0.493 e. The summed E-state index contributed by atoms with van der Waals surface area (Å²) in [5.74, 6) is 1.30. The zero-order valence-electron chi connectivity index (χ0n) is 16.9. The van der Waals surface area contributed by atoms with E-state index < -0.39 is 0 Å². The molecular formula is C21H29N5O2. The summed E-state index contributed by atoms with van der Waals surface area (Å²) in [5.41, 5.74) is 2.93. The molecular weight excluding hydrogens is 354 g/mol. The first kappa shape index (κ1) is 20.1. The second-order valence-electron chi connectivity index (χ2n) is 6.99. The van der Waals surface area contributed by atoms with Crippen molar-refractivity contribution >= 4 is 18.6 Å². The van der Waals surface area contributed by atoms with Crippen molar-refractivity contribution in [2.24, 2.45) is 9.98 Å². The zero-order valence-corrected chi connectivity index (χ0v) is 16.9. The molecule has 150 valence electrons. The van der Waals surface area contributed by atoms with Gasteiger partial charge in [0.15, 0.2) is 0 Å². The molecule has 1 aromatic rings. The van der Waals surface area contributed by atoms with E-state index in [1.54, 1.807) is 20.0 Å². The summed E-state index contributed by atoms with van der Waals surface area (Å²) in [6.45, 7) is 11.8. The lowest BCUT2D eigenvalue weighted by molar-refractivity contribution is -0.117. The molecule has 2 aliphatic heterocycles. The SMILES string of the molecule is C=NC(=N/C(=C\C)C(=O)NC)N1CCN(C(C)c2ccc3c(c2)OCC3)CC1. The van der Waals surface area contributed by atoms with Crippen molar-refractivity contribution in [2.75, 3.05) is 39.8 Å². The number of carbonyl (C=O) groups excluding carboxylic acids is 1. The number of ether oxygens (including phenoxy) is 1. The van der Waals surface area contributed by atoms with Crippen LogP contribution in [0.25, 0.3) is 0 Å². The number of carbonyl (C=O) groups is 1. The molecule has 0 aromatic heterocycles. The van der Waals surface area contributed by atoms with Gasteiger partial charge in [0.05, 0.1) is 6.61 Å². The Morgan fingerprint density at radius 2 is 2.07 bits per heavy atom. The molecule has 7 nitrogen and oxygen atoms in total. The third-order valence-corrected chi connectivity index (χ3v) is 5.44. The summed E-state index contributed by atoms with van der Waals surface area (Å²) < 4.78 is 5.72. The molecule has 2 aliphatic rings. The lowest BCUT2D eigenvalue weighted by Crippen LogP contribution is -2.49. The van der Waals surface area contributed by atoms with E-state index in [1.165, 1.54) is 11.1 Å². The predicted octanol–water partition coefficient (Wildman–Crippen LogP) is 2.01. The van der Waals surface area contributed by atoms with Crippen LogP contribution in [0.3, 0.4) is 0 Å². The molecule has 0 spiro atoms. The van der Waals surface area contributed by atoms with E-state index in [9.17, 15) is 4.79 Å². The number of amides is 1. The van der Waals surface area contributed by atoms with E-state index in [2.05, 4.69) is 56.9 Å². The van der Waals surface area contributed by atoms with Gasteiger partial charge in [-0.2, -0.15) is 0 Å². The Bertz CT molecular complexity index is 794. The van der Waals surface area contributed by atoms with Crippen LogP contribution in [0.5, 0.6) is 5.75 Å². The number of guanidine groups is 1. The number of nitrogens with one attached hydrogen (secondary N) is 1. The minimum absolute atomic E-state index is 0.227. The van der Waals surface area contributed by atoms with Gasteiger partial charge in [-0.25, -0.2) is 9.98 Å². The van der Waals surface area contributed by atoms with E-state index in [0.29, 0.717) is 17.7 Å². The molecule has 1 aromatic carbocycles. The molecule has 1 N–H and O–H groups in total. The second kappa shape index (κ2) is 9.01. The molecule has 0 aliphatic carbocycles. The molecule has 1 atom stereocenters. The van der Waals surface area contributed by atoms with Gasteiger partial charge in [-0.3, -0.25) is 9.69 Å². The number of allylic oxidation sites excluding steroid dienone is 1. The summed E-state index contributed by atoms with van der Waals surface area (Å²) in [6, 6.07) is 6.89. The highest BCUT2D eigenvalue weighted by Crippen LogP contribution is 2.31. The van der Waals surface area contributed by atoms with Gasteiger partial charge in [0.2, 0.25) is 5.96 Å². The highest BCUT2D eigenvalue weighted by molar-refractivity contribution is 5.97. The molecule has 3 rings (SSSR count). The van der Waals surface area contributed by atoms with Crippen LogP contribution in [0, 0.1) is 0 Å². The lowest BCUT2D eigenvalue weighted by atomic mass is 10.0. The highest BCUT2D eigenvalue weighted by atomic mass is 16.5. The third-order valence-electron chi connectivity index (χ3n) is 5.44. The molecule has 0 radical (unpaired) electrons. The van der Waals surface area contributed by atoms with Crippen molar-refractivity contribution in [1.82, 2.24) is 15.1 Å². The van der Waals surface area contributed by atoms with Crippen molar-refractivity contribution in [2.45, 2.75) is 26.3 Å². The minimum Gasteiger partial charge on any atom is -0.493 e. The van der Waals surface area contributed by atoms with Gasteiger partial charge >= 0.3 is 0 Å². The van der Waals surface area contributed by atoms with Crippen molar-refractivity contribution in [3.8, 4) is 5.75 Å². The number of piperazine rings is 1. The van der Waals surface area contributed by atoms with E-state index >= 15 is 0 Å². The highest BCUT2D eigenvalue weighted by Gasteiger charge is 2.25. The number of aliphatic imine (C=N–C) groups is 2. The van der Waals surface area contributed by atoms with E-state index in [1.807, 2.05) is 0 Å². The topological polar surface area (TPSA) is 69.5 Å². The zero-order chi connectivity index (χ0) is 20.1. The van der Waals surface area contributed by atoms with Gasteiger partial charge in [-0.15, -0.1) is 0 Å². The molecule has 1 amide bonds. The summed E-state index contributed by atoms with van der Waals surface area (Å²) in [4.78, 5) is 24.9. The van der Waals surface area contributed by atoms with E-state index in [4.69, 9.17) is 4.74 Å². The molecule has 1 saturated heterocycles. The first-order chi connectivity index (χ1) is 13.6. The Hall–Kier alpha value is -2.67. The molecule has 1 unspecified atom stereocenters. The van der Waals surface area contributed by atoms with Gasteiger partial charge in [0.25, 0.3) is 5.91 Å². The molecule has 0 bridgehead atoms. The normalized spacial score (nSPS) is 19.0. The number of likely N-dealkylation sites (N-methyl/N-ethyl adjacent to an activating group) is 1. The number of rotatable bonds is 4. The van der Waals surface area contributed by atoms with Gasteiger partial charge in [0.1, 0.15) is 11.4 Å². The van der Waals surface area contributed by atoms with Crippen LogP contribution in [0.4, 0.5) is 0 Å². The van der Waals surface area contributed by atoms with Gasteiger partial charge in [0, 0.05) is 45.7 Å². The fourth-order valence-corrected chi connectivity index (χ4v) is 3.65. The smallest absolute Gasteiger partial charge is 0.269 e. The van der Waals surface area contributed by atoms with Gasteiger partial charge in [-0.1, -0.05) is 18.2 Å². The maximum absolute atomic E-state index is 11.9. The Balaban J connectivity index is 1.64. The average molecular weight is 383 g/mol. The number of nitrogens with zero attached hydrogens (tertiary/aromatic N) is 4.